The molecule has 0 spiro atoms. The summed E-state index contributed by atoms with van der Waals surface area (Å²) < 4.78 is 2.33. The molecule has 1 fully saturated rings. The fraction of sp³-hybridized carbons (Fsp3) is 0.273. The maximum Gasteiger partial charge on any atom is 0.170 e. The summed E-state index contributed by atoms with van der Waals surface area (Å²) in [6.45, 7) is 5.26. The first-order valence-electron chi connectivity index (χ1n) is 9.42. The SMILES string of the molecule is CCCN1C(=S)N[C@H](c2ccccn2)[C@H]1c1ccc(C)n1-c1ccccc1. The van der Waals surface area contributed by atoms with E-state index in [1.165, 1.54) is 17.1 Å². The van der Waals surface area contributed by atoms with E-state index in [-0.39, 0.29) is 12.1 Å². The average molecular weight is 377 g/mol. The van der Waals surface area contributed by atoms with E-state index in [2.05, 4.69) is 76.1 Å². The average Bonchev–Trinajstić information content (AvgIpc) is 3.23. The normalized spacial score (nSPS) is 19.3. The van der Waals surface area contributed by atoms with Crippen molar-refractivity contribution in [2.24, 2.45) is 0 Å². The Bertz CT molecular complexity index is 920. The number of pyridine rings is 1. The van der Waals surface area contributed by atoms with Crippen LogP contribution in [0.3, 0.4) is 0 Å². The van der Waals surface area contributed by atoms with E-state index in [1.807, 2.05) is 24.4 Å². The third-order valence-electron chi connectivity index (χ3n) is 5.09. The van der Waals surface area contributed by atoms with Gasteiger partial charge in [-0.3, -0.25) is 4.98 Å². The van der Waals surface area contributed by atoms with Gasteiger partial charge in [0.2, 0.25) is 0 Å². The predicted molar refractivity (Wildman–Crippen MR) is 113 cm³/mol. The Hall–Kier alpha value is -2.66. The molecular formula is C22H24N4S. The van der Waals surface area contributed by atoms with Crippen LogP contribution < -0.4 is 5.32 Å². The number of aromatic nitrogens is 2. The minimum Gasteiger partial charge on any atom is -0.352 e. The second kappa shape index (κ2) is 7.53. The number of thiocarbonyl (C=S) groups is 1. The third-order valence-corrected chi connectivity index (χ3v) is 5.44. The van der Waals surface area contributed by atoms with Crippen molar-refractivity contribution in [1.29, 1.82) is 0 Å². The van der Waals surface area contributed by atoms with Crippen LogP contribution in [0.4, 0.5) is 0 Å². The van der Waals surface area contributed by atoms with E-state index in [4.69, 9.17) is 12.2 Å². The molecule has 2 aromatic heterocycles. The number of hydrogen-bond acceptors (Lipinski definition) is 2. The molecule has 138 valence electrons. The molecule has 27 heavy (non-hydrogen) atoms. The molecule has 0 unspecified atom stereocenters. The van der Waals surface area contributed by atoms with Gasteiger partial charge in [0.15, 0.2) is 5.11 Å². The van der Waals surface area contributed by atoms with Gasteiger partial charge in [0.05, 0.1) is 17.8 Å². The summed E-state index contributed by atoms with van der Waals surface area (Å²) in [6.07, 6.45) is 2.89. The highest BCUT2D eigenvalue weighted by Gasteiger charge is 2.41. The molecule has 0 saturated carbocycles. The lowest BCUT2D eigenvalue weighted by atomic mass is 10.0. The molecule has 5 heteroatoms. The Kier molecular flexibility index (Phi) is 4.94. The van der Waals surface area contributed by atoms with Crippen molar-refractivity contribution in [3.8, 4) is 5.69 Å². The van der Waals surface area contributed by atoms with Crippen LogP contribution in [0.25, 0.3) is 5.69 Å². The Morgan fingerprint density at radius 3 is 2.52 bits per heavy atom. The first-order chi connectivity index (χ1) is 13.2. The van der Waals surface area contributed by atoms with Crippen LogP contribution in [0.5, 0.6) is 0 Å². The van der Waals surface area contributed by atoms with E-state index in [0.29, 0.717) is 0 Å². The van der Waals surface area contributed by atoms with E-state index in [9.17, 15) is 0 Å². The Morgan fingerprint density at radius 1 is 1.04 bits per heavy atom. The van der Waals surface area contributed by atoms with Gasteiger partial charge >= 0.3 is 0 Å². The summed E-state index contributed by atoms with van der Waals surface area (Å²) >= 11 is 5.70. The first-order valence-corrected chi connectivity index (χ1v) is 9.83. The van der Waals surface area contributed by atoms with E-state index < -0.39 is 0 Å². The second-order valence-corrected chi connectivity index (χ2v) is 7.28. The summed E-state index contributed by atoms with van der Waals surface area (Å²) in [7, 11) is 0. The van der Waals surface area contributed by atoms with Crippen molar-refractivity contribution in [1.82, 2.24) is 19.8 Å². The highest BCUT2D eigenvalue weighted by atomic mass is 32.1. The standard InChI is InChI=1S/C22H24N4S/c1-3-15-25-21(20(24-22(25)27)18-11-7-8-14-23-18)19-13-12-16(2)26(19)17-9-5-4-6-10-17/h4-14,20-21H,3,15H2,1-2H3,(H,24,27)/t20-,21-/m1/s1. The third kappa shape index (κ3) is 3.23. The van der Waals surface area contributed by atoms with Crippen LogP contribution in [0, 0.1) is 6.92 Å². The number of para-hydroxylation sites is 1. The molecule has 4 rings (SSSR count). The van der Waals surface area contributed by atoms with E-state index in [0.717, 1.165) is 23.8 Å². The van der Waals surface area contributed by atoms with Crippen LogP contribution in [-0.4, -0.2) is 26.1 Å². The van der Waals surface area contributed by atoms with Gasteiger partial charge in [-0.1, -0.05) is 31.2 Å². The van der Waals surface area contributed by atoms with Gasteiger partial charge in [-0.2, -0.15) is 0 Å². The predicted octanol–water partition coefficient (Wildman–Crippen LogP) is 4.56. The fourth-order valence-corrected chi connectivity index (χ4v) is 4.26. The van der Waals surface area contributed by atoms with Gasteiger partial charge in [0, 0.05) is 29.8 Å². The maximum absolute atomic E-state index is 5.70. The highest BCUT2D eigenvalue weighted by molar-refractivity contribution is 7.80. The van der Waals surface area contributed by atoms with E-state index in [1.54, 1.807) is 0 Å². The molecule has 0 aliphatic carbocycles. The van der Waals surface area contributed by atoms with Crippen molar-refractivity contribution in [3.63, 3.8) is 0 Å². The zero-order chi connectivity index (χ0) is 18.8. The zero-order valence-corrected chi connectivity index (χ0v) is 16.5. The quantitative estimate of drug-likeness (QED) is 0.662. The molecular weight excluding hydrogens is 352 g/mol. The largest absolute Gasteiger partial charge is 0.352 e. The molecule has 3 heterocycles. The second-order valence-electron chi connectivity index (χ2n) is 6.89. The number of nitrogens with one attached hydrogen (secondary N) is 1. The van der Waals surface area contributed by atoms with Crippen molar-refractivity contribution < 1.29 is 0 Å². The van der Waals surface area contributed by atoms with Crippen molar-refractivity contribution in [3.05, 3.63) is 83.9 Å². The van der Waals surface area contributed by atoms with Gasteiger partial charge in [-0.25, -0.2) is 0 Å². The van der Waals surface area contributed by atoms with Gasteiger partial charge in [-0.15, -0.1) is 0 Å². The molecule has 0 radical (unpaired) electrons. The number of hydrogen-bond donors (Lipinski definition) is 1. The first kappa shape index (κ1) is 17.7. The Balaban J connectivity index is 1.85. The topological polar surface area (TPSA) is 33.1 Å². The zero-order valence-electron chi connectivity index (χ0n) is 15.7. The Labute approximate surface area is 165 Å². The van der Waals surface area contributed by atoms with Gasteiger partial charge in [0.25, 0.3) is 0 Å². The molecule has 2 atom stereocenters. The highest BCUT2D eigenvalue weighted by Crippen LogP contribution is 2.40. The molecule has 4 nitrogen and oxygen atoms in total. The van der Waals surface area contributed by atoms with Crippen LogP contribution in [-0.2, 0) is 0 Å². The van der Waals surface area contributed by atoms with Gasteiger partial charge in [0.1, 0.15) is 0 Å². The molecule has 1 N–H and O–H groups in total. The monoisotopic (exact) mass is 376 g/mol. The lowest BCUT2D eigenvalue weighted by molar-refractivity contribution is 0.308. The minimum absolute atomic E-state index is 0.0296. The molecule has 1 aromatic carbocycles. The summed E-state index contributed by atoms with van der Waals surface area (Å²) in [5.41, 5.74) is 4.63. The Morgan fingerprint density at radius 2 is 1.81 bits per heavy atom. The lowest BCUT2D eigenvalue weighted by Crippen LogP contribution is -2.31. The minimum atomic E-state index is 0.0296. The molecule has 3 aromatic rings. The van der Waals surface area contributed by atoms with Crippen molar-refractivity contribution in [2.45, 2.75) is 32.4 Å². The summed E-state index contributed by atoms with van der Waals surface area (Å²) in [6, 6.07) is 21.1. The molecule has 1 saturated heterocycles. The lowest BCUT2D eigenvalue weighted by Gasteiger charge is -2.29. The number of benzene rings is 1. The molecule has 1 aliphatic heterocycles. The van der Waals surface area contributed by atoms with Crippen LogP contribution >= 0.6 is 12.2 Å². The number of aryl methyl sites for hydroxylation is 1. The van der Waals surface area contributed by atoms with Gasteiger partial charge in [-0.05, 0) is 62.0 Å². The smallest absolute Gasteiger partial charge is 0.170 e. The van der Waals surface area contributed by atoms with E-state index >= 15 is 0 Å². The number of nitrogens with zero attached hydrogens (tertiary/aromatic N) is 3. The van der Waals surface area contributed by atoms with Crippen LogP contribution in [0.1, 0.15) is 42.5 Å². The summed E-state index contributed by atoms with van der Waals surface area (Å²) in [5, 5.41) is 4.32. The summed E-state index contributed by atoms with van der Waals surface area (Å²) in [4.78, 5) is 6.93. The van der Waals surface area contributed by atoms with Crippen molar-refractivity contribution >= 4 is 17.3 Å². The molecule has 1 aliphatic rings. The maximum atomic E-state index is 5.70. The van der Waals surface area contributed by atoms with Crippen LogP contribution in [0.2, 0.25) is 0 Å². The summed E-state index contributed by atoms with van der Waals surface area (Å²) in [5.74, 6) is 0. The number of rotatable bonds is 5. The molecule has 0 amide bonds. The molecule has 0 bridgehead atoms. The van der Waals surface area contributed by atoms with Gasteiger partial charge < -0.3 is 14.8 Å². The van der Waals surface area contributed by atoms with Crippen molar-refractivity contribution in [2.75, 3.05) is 6.54 Å². The van der Waals surface area contributed by atoms with Crippen LogP contribution in [0.15, 0.2) is 66.9 Å². The fourth-order valence-electron chi connectivity index (χ4n) is 3.93.